The lowest BCUT2D eigenvalue weighted by Gasteiger charge is -2.17. The lowest BCUT2D eigenvalue weighted by Crippen LogP contribution is -2.18. The van der Waals surface area contributed by atoms with Crippen molar-refractivity contribution in [1.82, 2.24) is 30.4 Å². The minimum absolute atomic E-state index is 0.114. The number of amides is 1. The number of allylic oxidation sites excluding steroid dienone is 2. The Morgan fingerprint density at radius 3 is 2.45 bits per heavy atom. The van der Waals surface area contributed by atoms with Crippen molar-refractivity contribution in [3.8, 4) is 11.3 Å². The number of hydrogen-bond donors (Lipinski definition) is 2. The van der Waals surface area contributed by atoms with Gasteiger partial charge in [-0.3, -0.25) is 19.6 Å². The van der Waals surface area contributed by atoms with Gasteiger partial charge in [0.05, 0.1) is 12.2 Å². The zero-order valence-corrected chi connectivity index (χ0v) is 25.3. The van der Waals surface area contributed by atoms with Gasteiger partial charge < -0.3 is 0 Å². The van der Waals surface area contributed by atoms with Gasteiger partial charge in [-0.2, -0.15) is 10.3 Å². The fourth-order valence-electron chi connectivity index (χ4n) is 5.10. The quantitative estimate of drug-likeness (QED) is 0.169. The third-order valence-electron chi connectivity index (χ3n) is 7.45. The zero-order chi connectivity index (χ0) is 29.9. The molecule has 9 nitrogen and oxygen atoms in total. The lowest BCUT2D eigenvalue weighted by atomic mass is 9.88. The summed E-state index contributed by atoms with van der Waals surface area (Å²) in [5.74, 6) is 0.241. The van der Waals surface area contributed by atoms with Crippen LogP contribution < -0.4 is 5.32 Å². The van der Waals surface area contributed by atoms with Gasteiger partial charge in [-0.05, 0) is 85.4 Å². The molecule has 5 rings (SSSR count). The highest BCUT2D eigenvalue weighted by atomic mass is 35.5. The number of nitrogens with zero attached hydrogens (tertiary/aromatic N) is 5. The molecule has 1 fully saturated rings. The van der Waals surface area contributed by atoms with Gasteiger partial charge in [-0.15, -0.1) is 5.10 Å². The van der Waals surface area contributed by atoms with E-state index < -0.39 is 0 Å². The topological polar surface area (TPSA) is 118 Å². The molecule has 1 amide bonds. The van der Waals surface area contributed by atoms with E-state index in [9.17, 15) is 9.59 Å². The number of benzene rings is 2. The number of anilines is 1. The minimum atomic E-state index is -0.381. The van der Waals surface area contributed by atoms with Crippen molar-refractivity contribution in [2.45, 2.75) is 65.3 Å². The van der Waals surface area contributed by atoms with E-state index in [2.05, 4.69) is 32.0 Å². The fraction of sp³-hybridized carbons (Fsp3) is 0.355. The predicted molar refractivity (Wildman–Crippen MR) is 164 cm³/mol. The van der Waals surface area contributed by atoms with E-state index in [1.54, 1.807) is 18.2 Å². The van der Waals surface area contributed by atoms with Crippen LogP contribution in [0.3, 0.4) is 0 Å². The van der Waals surface area contributed by atoms with Crippen LogP contribution in [-0.2, 0) is 11.3 Å². The highest BCUT2D eigenvalue weighted by molar-refractivity contribution is 6.35. The molecule has 218 valence electrons. The van der Waals surface area contributed by atoms with E-state index in [0.717, 1.165) is 54.6 Å². The van der Waals surface area contributed by atoms with Crippen LogP contribution in [0.25, 0.3) is 11.3 Å². The van der Waals surface area contributed by atoms with Crippen LogP contribution >= 0.6 is 23.2 Å². The summed E-state index contributed by atoms with van der Waals surface area (Å²) in [6.07, 6.45) is 6.60. The average molecular weight is 607 g/mol. The molecule has 1 saturated carbocycles. The molecule has 1 unspecified atom stereocenters. The van der Waals surface area contributed by atoms with Crippen LogP contribution in [0.15, 0.2) is 60.2 Å². The molecule has 2 heterocycles. The maximum Gasteiger partial charge on any atom is 0.270 e. The first-order valence-corrected chi connectivity index (χ1v) is 14.7. The molecule has 1 aliphatic carbocycles. The Morgan fingerprint density at radius 2 is 1.79 bits per heavy atom. The van der Waals surface area contributed by atoms with Crippen molar-refractivity contribution in [2.75, 3.05) is 5.32 Å². The normalized spacial score (nSPS) is 16.8. The molecule has 42 heavy (non-hydrogen) atoms. The van der Waals surface area contributed by atoms with Gasteiger partial charge in [0.1, 0.15) is 0 Å². The standard InChI is InChI=1S/C31H33Cl2N7O2/c1-31(2,3)28(41)13-19-5-4-6-21(10-7-19)27-17-26(23-14-24(32)16-25(33)15-23)37-40(27)18-20-8-11-22(12-9-20)29(42)34-30-35-38-39-36-30/h8-9,11-17,21H,4-7,10,18H2,1-3H3,(H2,34,35,36,38,39,42). The van der Waals surface area contributed by atoms with Crippen molar-refractivity contribution in [3.63, 3.8) is 0 Å². The molecule has 0 spiro atoms. The maximum absolute atomic E-state index is 12.7. The Labute approximate surface area is 254 Å². The molecule has 0 aliphatic heterocycles. The van der Waals surface area contributed by atoms with Crippen LogP contribution in [0.1, 0.15) is 80.4 Å². The number of tetrazole rings is 1. The monoisotopic (exact) mass is 605 g/mol. The number of ketones is 1. The second-order valence-corrected chi connectivity index (χ2v) is 12.6. The molecular weight excluding hydrogens is 573 g/mol. The Bertz CT molecular complexity index is 1580. The van der Waals surface area contributed by atoms with Gasteiger partial charge in [-0.25, -0.2) is 0 Å². The molecule has 2 aromatic carbocycles. The Morgan fingerprint density at radius 1 is 1.05 bits per heavy atom. The maximum atomic E-state index is 12.7. The van der Waals surface area contributed by atoms with Crippen LogP contribution in [0, 0.1) is 5.41 Å². The van der Waals surface area contributed by atoms with Gasteiger partial charge in [0.15, 0.2) is 5.78 Å². The zero-order valence-electron chi connectivity index (χ0n) is 23.8. The number of H-pyrrole nitrogens is 1. The molecule has 0 radical (unpaired) electrons. The molecule has 11 heteroatoms. The molecular formula is C31H33Cl2N7O2. The summed E-state index contributed by atoms with van der Waals surface area (Å²) in [6.45, 7) is 6.40. The summed E-state index contributed by atoms with van der Waals surface area (Å²) < 4.78 is 2.04. The van der Waals surface area contributed by atoms with Crippen LogP contribution in [-0.4, -0.2) is 42.1 Å². The molecule has 0 bridgehead atoms. The summed E-state index contributed by atoms with van der Waals surface area (Å²) in [5.41, 5.74) is 5.10. The fourth-order valence-corrected chi connectivity index (χ4v) is 5.62. The highest BCUT2D eigenvalue weighted by Gasteiger charge is 2.24. The third kappa shape index (κ3) is 7.33. The summed E-state index contributed by atoms with van der Waals surface area (Å²) in [6, 6.07) is 14.9. The van der Waals surface area contributed by atoms with E-state index in [4.69, 9.17) is 28.3 Å². The van der Waals surface area contributed by atoms with Gasteiger partial charge in [0.2, 0.25) is 0 Å². The Balaban J connectivity index is 1.40. The predicted octanol–water partition coefficient (Wildman–Crippen LogP) is 7.26. The minimum Gasteiger partial charge on any atom is -0.294 e. The molecule has 2 N–H and O–H groups in total. The van der Waals surface area contributed by atoms with Crippen molar-refractivity contribution < 1.29 is 9.59 Å². The third-order valence-corrected chi connectivity index (χ3v) is 7.88. The number of nitrogens with one attached hydrogen (secondary N) is 2. The average Bonchev–Trinajstić information content (AvgIpc) is 3.54. The largest absolute Gasteiger partial charge is 0.294 e. The van der Waals surface area contributed by atoms with Crippen molar-refractivity contribution >= 4 is 40.8 Å². The van der Waals surface area contributed by atoms with Crippen molar-refractivity contribution in [2.24, 2.45) is 5.41 Å². The van der Waals surface area contributed by atoms with Crippen molar-refractivity contribution in [1.29, 1.82) is 0 Å². The van der Waals surface area contributed by atoms with Crippen molar-refractivity contribution in [3.05, 3.63) is 87.0 Å². The van der Waals surface area contributed by atoms with E-state index >= 15 is 0 Å². The van der Waals surface area contributed by atoms with E-state index in [1.165, 1.54) is 5.57 Å². The number of aromatic amines is 1. The second-order valence-electron chi connectivity index (χ2n) is 11.7. The first kappa shape index (κ1) is 29.7. The highest BCUT2D eigenvalue weighted by Crippen LogP contribution is 2.37. The summed E-state index contributed by atoms with van der Waals surface area (Å²) in [4.78, 5) is 25.2. The SMILES string of the molecule is CC(C)(C)C(=O)C=C1CCCC(c2cc(-c3cc(Cl)cc(Cl)c3)nn2Cc2ccc(C(=O)Nc3nn[nH]n3)cc2)CC1. The summed E-state index contributed by atoms with van der Waals surface area (Å²) >= 11 is 12.6. The number of hydrogen-bond acceptors (Lipinski definition) is 6. The van der Waals surface area contributed by atoms with Crippen LogP contribution in [0.4, 0.5) is 5.95 Å². The first-order valence-electron chi connectivity index (χ1n) is 14.0. The number of carbonyl (C=O) groups excluding carboxylic acids is 2. The van der Waals surface area contributed by atoms with Gasteiger partial charge in [0, 0.05) is 38.2 Å². The lowest BCUT2D eigenvalue weighted by molar-refractivity contribution is -0.121. The molecule has 1 aliphatic rings. The second kappa shape index (κ2) is 12.6. The Kier molecular flexibility index (Phi) is 8.89. The summed E-state index contributed by atoms with van der Waals surface area (Å²) in [5, 5.41) is 22.0. The number of carbonyl (C=O) groups is 2. The molecule has 0 saturated heterocycles. The first-order chi connectivity index (χ1) is 20.0. The van der Waals surface area contributed by atoms with Crippen LogP contribution in [0.5, 0.6) is 0 Å². The van der Waals surface area contributed by atoms with Gasteiger partial charge in [0.25, 0.3) is 11.9 Å². The molecule has 4 aromatic rings. The molecule has 2 aromatic heterocycles. The summed E-state index contributed by atoms with van der Waals surface area (Å²) in [7, 11) is 0. The van der Waals surface area contributed by atoms with E-state index in [0.29, 0.717) is 22.2 Å². The molecule has 1 atom stereocenters. The number of aromatic nitrogens is 6. The van der Waals surface area contributed by atoms with Gasteiger partial charge >= 0.3 is 0 Å². The number of rotatable bonds is 7. The Hall–Kier alpha value is -3.82. The van der Waals surface area contributed by atoms with E-state index in [-0.39, 0.29) is 29.0 Å². The smallest absolute Gasteiger partial charge is 0.270 e. The number of halogens is 2. The van der Waals surface area contributed by atoms with Crippen LogP contribution in [0.2, 0.25) is 10.0 Å². The van der Waals surface area contributed by atoms with E-state index in [1.807, 2.05) is 55.8 Å². The van der Waals surface area contributed by atoms with Gasteiger partial charge in [-0.1, -0.05) is 66.8 Å².